The predicted octanol–water partition coefficient (Wildman–Crippen LogP) is 5.54. The largest absolute Gasteiger partial charge is 0.0654 e. The molecule has 0 aliphatic rings. The molecule has 0 amide bonds. The Morgan fingerprint density at radius 2 is 1.35 bits per heavy atom. The van der Waals surface area contributed by atoms with E-state index in [1.807, 2.05) is 0 Å². The van der Waals surface area contributed by atoms with E-state index in [1.165, 1.54) is 68.9 Å². The lowest BCUT2D eigenvalue weighted by molar-refractivity contribution is 0.607. The van der Waals surface area contributed by atoms with E-state index in [0.717, 1.165) is 0 Å². The van der Waals surface area contributed by atoms with Gasteiger partial charge >= 0.3 is 0 Å². The van der Waals surface area contributed by atoms with Gasteiger partial charge in [0.1, 0.15) is 0 Å². The van der Waals surface area contributed by atoms with E-state index < -0.39 is 0 Å². The third kappa shape index (κ3) is 6.51. The number of aryl methyl sites for hydroxylation is 2. The second-order valence-corrected chi connectivity index (χ2v) is 5.09. The number of unbranched alkanes of at least 4 members (excludes halogenated alkanes) is 5. The fraction of sp³-hybridized carbons (Fsp3) is 0.647. The van der Waals surface area contributed by atoms with Gasteiger partial charge in [0.05, 0.1) is 0 Å². The molecule has 0 N–H and O–H groups in total. The molecule has 0 saturated heterocycles. The molecule has 0 aromatic heterocycles. The van der Waals surface area contributed by atoms with Crippen LogP contribution in [-0.4, -0.2) is 0 Å². The zero-order valence-electron chi connectivity index (χ0n) is 11.7. The molecule has 0 bridgehead atoms. The van der Waals surface area contributed by atoms with Crippen molar-refractivity contribution in [3.63, 3.8) is 0 Å². The summed E-state index contributed by atoms with van der Waals surface area (Å²) in [6.45, 7) is 4.53. The van der Waals surface area contributed by atoms with Gasteiger partial charge in [-0.15, -0.1) is 0 Å². The maximum absolute atomic E-state index is 2.40. The number of benzene rings is 1. The molecule has 0 heterocycles. The molecule has 0 unspecified atom stereocenters. The smallest absolute Gasteiger partial charge is 0.0279 e. The summed E-state index contributed by atoms with van der Waals surface area (Å²) in [5, 5.41) is 0. The van der Waals surface area contributed by atoms with Crippen LogP contribution in [0.4, 0.5) is 0 Å². The van der Waals surface area contributed by atoms with Crippen molar-refractivity contribution in [3.8, 4) is 0 Å². The molecule has 0 heteroatoms. The van der Waals surface area contributed by atoms with Gasteiger partial charge in [0.25, 0.3) is 0 Å². The van der Waals surface area contributed by atoms with Gasteiger partial charge in [0.15, 0.2) is 0 Å². The number of rotatable bonds is 9. The van der Waals surface area contributed by atoms with Crippen molar-refractivity contribution in [1.29, 1.82) is 0 Å². The van der Waals surface area contributed by atoms with E-state index in [1.54, 1.807) is 0 Å². The Hall–Kier alpha value is -0.780. The fourth-order valence-corrected chi connectivity index (χ4v) is 2.34. The molecule has 17 heavy (non-hydrogen) atoms. The lowest BCUT2D eigenvalue weighted by Gasteiger charge is -2.04. The maximum atomic E-state index is 2.40. The molecule has 0 aliphatic heterocycles. The van der Waals surface area contributed by atoms with E-state index in [2.05, 4.69) is 38.1 Å². The van der Waals surface area contributed by atoms with Crippen LogP contribution in [0.5, 0.6) is 0 Å². The predicted molar refractivity (Wildman–Crippen MR) is 77.5 cm³/mol. The van der Waals surface area contributed by atoms with Crippen LogP contribution in [0.25, 0.3) is 0 Å². The average Bonchev–Trinajstić information content (AvgIpc) is 2.35. The standard InChI is InChI=1S/C17H28/c1-3-5-6-7-8-9-12-17-14-10-13-16(15-17)11-4-2/h10,13-15H,3-9,11-12H2,1-2H3. The highest BCUT2D eigenvalue weighted by atomic mass is 14.0. The quantitative estimate of drug-likeness (QED) is 0.490. The van der Waals surface area contributed by atoms with Crippen molar-refractivity contribution in [2.24, 2.45) is 0 Å². The molecule has 0 nitrogen and oxygen atoms in total. The molecule has 1 aromatic carbocycles. The van der Waals surface area contributed by atoms with E-state index in [0.29, 0.717) is 0 Å². The molecule has 0 saturated carbocycles. The minimum absolute atomic E-state index is 1.23. The molecule has 0 aliphatic carbocycles. The third-order valence-corrected chi connectivity index (χ3v) is 3.35. The van der Waals surface area contributed by atoms with Crippen LogP contribution in [0.3, 0.4) is 0 Å². The minimum Gasteiger partial charge on any atom is -0.0654 e. The van der Waals surface area contributed by atoms with Crippen molar-refractivity contribution in [1.82, 2.24) is 0 Å². The zero-order valence-corrected chi connectivity index (χ0v) is 11.7. The van der Waals surface area contributed by atoms with Gasteiger partial charge < -0.3 is 0 Å². The first-order chi connectivity index (χ1) is 8.36. The summed E-state index contributed by atoms with van der Waals surface area (Å²) in [5.74, 6) is 0. The van der Waals surface area contributed by atoms with E-state index in [9.17, 15) is 0 Å². The SMILES string of the molecule is CCCCCCCCc1cccc(CCC)c1. The average molecular weight is 232 g/mol. The van der Waals surface area contributed by atoms with Crippen LogP contribution in [0.1, 0.15) is 69.9 Å². The normalized spacial score (nSPS) is 10.7. The highest BCUT2D eigenvalue weighted by molar-refractivity contribution is 5.23. The summed E-state index contributed by atoms with van der Waals surface area (Å²) in [5.41, 5.74) is 3.04. The van der Waals surface area contributed by atoms with Gasteiger partial charge in [0, 0.05) is 0 Å². The number of hydrogen-bond donors (Lipinski definition) is 0. The highest BCUT2D eigenvalue weighted by Gasteiger charge is 1.96. The molecule has 1 aromatic rings. The summed E-state index contributed by atoms with van der Waals surface area (Å²) in [4.78, 5) is 0. The summed E-state index contributed by atoms with van der Waals surface area (Å²) in [6, 6.07) is 9.16. The zero-order chi connectivity index (χ0) is 12.3. The summed E-state index contributed by atoms with van der Waals surface area (Å²) in [6.07, 6.45) is 12.1. The van der Waals surface area contributed by atoms with Crippen molar-refractivity contribution in [2.45, 2.75) is 71.6 Å². The molecule has 96 valence electrons. The monoisotopic (exact) mass is 232 g/mol. The Balaban J connectivity index is 2.19. The molecular weight excluding hydrogens is 204 g/mol. The van der Waals surface area contributed by atoms with Crippen molar-refractivity contribution < 1.29 is 0 Å². The topological polar surface area (TPSA) is 0 Å². The molecule has 0 radical (unpaired) electrons. The Labute approximate surface area is 107 Å². The van der Waals surface area contributed by atoms with Gasteiger partial charge in [-0.25, -0.2) is 0 Å². The Bertz CT molecular complexity index is 288. The van der Waals surface area contributed by atoms with Gasteiger partial charge in [-0.3, -0.25) is 0 Å². The van der Waals surface area contributed by atoms with Crippen LogP contribution in [-0.2, 0) is 12.8 Å². The maximum Gasteiger partial charge on any atom is -0.0279 e. The Morgan fingerprint density at radius 1 is 0.706 bits per heavy atom. The second-order valence-electron chi connectivity index (χ2n) is 5.09. The molecule has 0 atom stereocenters. The first-order valence-corrected chi connectivity index (χ1v) is 7.44. The summed E-state index contributed by atoms with van der Waals surface area (Å²) >= 11 is 0. The van der Waals surface area contributed by atoms with E-state index in [4.69, 9.17) is 0 Å². The first kappa shape index (κ1) is 14.3. The van der Waals surface area contributed by atoms with Crippen LogP contribution in [0.15, 0.2) is 24.3 Å². The lowest BCUT2D eigenvalue weighted by Crippen LogP contribution is -1.89. The number of hydrogen-bond acceptors (Lipinski definition) is 0. The molecule has 0 fully saturated rings. The first-order valence-electron chi connectivity index (χ1n) is 7.44. The van der Waals surface area contributed by atoms with Crippen LogP contribution in [0.2, 0.25) is 0 Å². The minimum atomic E-state index is 1.23. The molecule has 0 spiro atoms. The van der Waals surface area contributed by atoms with E-state index >= 15 is 0 Å². The summed E-state index contributed by atoms with van der Waals surface area (Å²) < 4.78 is 0. The molecule has 1 rings (SSSR count). The third-order valence-electron chi connectivity index (χ3n) is 3.35. The second kappa shape index (κ2) is 9.27. The van der Waals surface area contributed by atoms with Crippen LogP contribution >= 0.6 is 0 Å². The van der Waals surface area contributed by atoms with Crippen LogP contribution < -0.4 is 0 Å². The van der Waals surface area contributed by atoms with Crippen molar-refractivity contribution >= 4 is 0 Å². The van der Waals surface area contributed by atoms with E-state index in [-0.39, 0.29) is 0 Å². The van der Waals surface area contributed by atoms with Crippen molar-refractivity contribution in [3.05, 3.63) is 35.4 Å². The Morgan fingerprint density at radius 3 is 2.06 bits per heavy atom. The van der Waals surface area contributed by atoms with Gasteiger partial charge in [-0.05, 0) is 30.4 Å². The summed E-state index contributed by atoms with van der Waals surface area (Å²) in [7, 11) is 0. The van der Waals surface area contributed by atoms with Gasteiger partial charge in [-0.1, -0.05) is 76.6 Å². The fourth-order valence-electron chi connectivity index (χ4n) is 2.34. The van der Waals surface area contributed by atoms with Crippen LogP contribution in [0, 0.1) is 0 Å². The highest BCUT2D eigenvalue weighted by Crippen LogP contribution is 2.12. The van der Waals surface area contributed by atoms with Crippen molar-refractivity contribution in [2.75, 3.05) is 0 Å². The lowest BCUT2D eigenvalue weighted by atomic mass is 10.0. The van der Waals surface area contributed by atoms with Gasteiger partial charge in [0.2, 0.25) is 0 Å². The Kier molecular flexibility index (Phi) is 7.79. The van der Waals surface area contributed by atoms with Gasteiger partial charge in [-0.2, -0.15) is 0 Å². The molecular formula is C17H28.